The summed E-state index contributed by atoms with van der Waals surface area (Å²) >= 11 is 0. The summed E-state index contributed by atoms with van der Waals surface area (Å²) in [7, 11) is 0. The zero-order valence-corrected chi connectivity index (χ0v) is 8.18. The molecular formula is C8H14N2O5. The van der Waals surface area contributed by atoms with Crippen LogP contribution >= 0.6 is 0 Å². The summed E-state index contributed by atoms with van der Waals surface area (Å²) < 4.78 is 0. The third kappa shape index (κ3) is 6.44. The van der Waals surface area contributed by atoms with Gasteiger partial charge in [0.1, 0.15) is 13.1 Å². The molecule has 86 valence electrons. The van der Waals surface area contributed by atoms with Crippen molar-refractivity contribution in [1.29, 1.82) is 0 Å². The predicted octanol–water partition coefficient (Wildman–Crippen LogP) is -1.28. The summed E-state index contributed by atoms with van der Waals surface area (Å²) in [5, 5.41) is 16.9. The van der Waals surface area contributed by atoms with Crippen LogP contribution in [0.4, 0.5) is 0 Å². The van der Waals surface area contributed by atoms with Crippen molar-refractivity contribution in [1.82, 2.24) is 4.90 Å². The number of aliphatic carboxylic acids is 2. The number of nitrogens with zero attached hydrogens (tertiary/aromatic N) is 1. The lowest BCUT2D eigenvalue weighted by Crippen LogP contribution is -2.39. The number of hydrogen-bond donors (Lipinski definition) is 3. The molecular weight excluding hydrogens is 204 g/mol. The van der Waals surface area contributed by atoms with Crippen molar-refractivity contribution in [3.05, 3.63) is 0 Å². The van der Waals surface area contributed by atoms with E-state index >= 15 is 0 Å². The first-order valence-corrected chi connectivity index (χ1v) is 4.38. The average molecular weight is 218 g/mol. The number of carboxylic acid groups (broad SMARTS) is 2. The number of carboxylic acids is 2. The van der Waals surface area contributed by atoms with Gasteiger partial charge in [0.2, 0.25) is 5.91 Å². The monoisotopic (exact) mass is 218 g/mol. The Morgan fingerprint density at radius 2 is 1.53 bits per heavy atom. The van der Waals surface area contributed by atoms with Crippen LogP contribution < -0.4 is 5.73 Å². The largest absolute Gasteiger partial charge is 0.480 e. The Bertz CT molecular complexity index is 237. The molecule has 4 N–H and O–H groups in total. The van der Waals surface area contributed by atoms with E-state index in [0.29, 0.717) is 13.0 Å². The zero-order valence-electron chi connectivity index (χ0n) is 8.18. The predicted molar refractivity (Wildman–Crippen MR) is 50.1 cm³/mol. The fourth-order valence-corrected chi connectivity index (χ4v) is 0.970. The molecule has 0 aromatic carbocycles. The summed E-state index contributed by atoms with van der Waals surface area (Å²) in [6.07, 6.45) is 0.478. The molecule has 0 atom stereocenters. The van der Waals surface area contributed by atoms with Gasteiger partial charge in [-0.3, -0.25) is 14.4 Å². The third-order valence-electron chi connectivity index (χ3n) is 1.60. The van der Waals surface area contributed by atoms with Crippen LogP contribution in [-0.4, -0.2) is 52.6 Å². The Morgan fingerprint density at radius 1 is 1.07 bits per heavy atom. The highest BCUT2D eigenvalue weighted by Gasteiger charge is 2.18. The minimum atomic E-state index is -1.24. The van der Waals surface area contributed by atoms with E-state index in [1.54, 1.807) is 0 Å². The van der Waals surface area contributed by atoms with E-state index in [2.05, 4.69) is 0 Å². The van der Waals surface area contributed by atoms with Gasteiger partial charge in [-0.15, -0.1) is 0 Å². The van der Waals surface area contributed by atoms with Crippen molar-refractivity contribution >= 4 is 17.8 Å². The molecule has 0 saturated heterocycles. The molecule has 7 nitrogen and oxygen atoms in total. The van der Waals surface area contributed by atoms with Gasteiger partial charge in [-0.2, -0.15) is 0 Å². The fraction of sp³-hybridized carbons (Fsp3) is 0.625. The maximum absolute atomic E-state index is 11.3. The third-order valence-corrected chi connectivity index (χ3v) is 1.60. The molecule has 0 spiro atoms. The molecule has 0 aliphatic carbocycles. The minimum Gasteiger partial charge on any atom is -0.480 e. The van der Waals surface area contributed by atoms with Crippen LogP contribution in [0.3, 0.4) is 0 Å². The smallest absolute Gasteiger partial charge is 0.323 e. The first-order valence-electron chi connectivity index (χ1n) is 4.38. The first-order chi connectivity index (χ1) is 6.97. The van der Waals surface area contributed by atoms with Crippen LogP contribution in [-0.2, 0) is 14.4 Å². The molecule has 7 heteroatoms. The fourth-order valence-electron chi connectivity index (χ4n) is 0.970. The number of rotatable bonds is 7. The molecule has 0 saturated carbocycles. The van der Waals surface area contributed by atoms with Gasteiger partial charge >= 0.3 is 11.9 Å². The Kier molecular flexibility index (Phi) is 6.03. The Balaban J connectivity index is 4.26. The van der Waals surface area contributed by atoms with Gasteiger partial charge in [0.25, 0.3) is 0 Å². The second-order valence-corrected chi connectivity index (χ2v) is 2.93. The second-order valence-electron chi connectivity index (χ2n) is 2.93. The summed E-state index contributed by atoms with van der Waals surface area (Å²) in [4.78, 5) is 32.8. The minimum absolute atomic E-state index is 0.0665. The molecule has 0 aliphatic heterocycles. The van der Waals surface area contributed by atoms with Gasteiger partial charge < -0.3 is 20.8 Å². The first kappa shape index (κ1) is 13.4. The van der Waals surface area contributed by atoms with Crippen molar-refractivity contribution < 1.29 is 24.6 Å². The van der Waals surface area contributed by atoms with E-state index in [0.717, 1.165) is 4.90 Å². The van der Waals surface area contributed by atoms with E-state index in [-0.39, 0.29) is 6.42 Å². The molecule has 0 bridgehead atoms. The van der Waals surface area contributed by atoms with E-state index in [1.807, 2.05) is 0 Å². The highest BCUT2D eigenvalue weighted by molar-refractivity contribution is 5.85. The molecule has 0 aromatic rings. The van der Waals surface area contributed by atoms with Crippen LogP contribution in [0.5, 0.6) is 0 Å². The number of hydrogen-bond acceptors (Lipinski definition) is 4. The van der Waals surface area contributed by atoms with Crippen LogP contribution in [0.1, 0.15) is 12.8 Å². The maximum Gasteiger partial charge on any atom is 0.323 e. The normalized spacial score (nSPS) is 9.67. The van der Waals surface area contributed by atoms with Crippen molar-refractivity contribution in [3.8, 4) is 0 Å². The van der Waals surface area contributed by atoms with Gasteiger partial charge in [0.05, 0.1) is 0 Å². The van der Waals surface area contributed by atoms with Gasteiger partial charge in [-0.05, 0) is 13.0 Å². The lowest BCUT2D eigenvalue weighted by atomic mass is 10.2. The lowest BCUT2D eigenvalue weighted by Gasteiger charge is -2.17. The molecule has 0 fully saturated rings. The number of amides is 1. The highest BCUT2D eigenvalue weighted by atomic mass is 16.4. The summed E-state index contributed by atoms with van der Waals surface area (Å²) in [5.41, 5.74) is 5.18. The topological polar surface area (TPSA) is 121 Å². The van der Waals surface area contributed by atoms with Crippen LogP contribution in [0.25, 0.3) is 0 Å². The van der Waals surface area contributed by atoms with Crippen LogP contribution in [0.2, 0.25) is 0 Å². The number of carbonyl (C=O) groups is 3. The molecule has 0 unspecified atom stereocenters. The van der Waals surface area contributed by atoms with E-state index in [1.165, 1.54) is 0 Å². The number of carbonyl (C=O) groups excluding carboxylic acids is 1. The Hall–Kier alpha value is -1.63. The number of nitrogens with two attached hydrogens (primary N) is 1. The van der Waals surface area contributed by atoms with E-state index in [4.69, 9.17) is 15.9 Å². The maximum atomic E-state index is 11.3. The van der Waals surface area contributed by atoms with E-state index < -0.39 is 30.9 Å². The van der Waals surface area contributed by atoms with Gasteiger partial charge in [-0.1, -0.05) is 0 Å². The molecule has 15 heavy (non-hydrogen) atoms. The lowest BCUT2D eigenvalue weighted by molar-refractivity contribution is -0.149. The van der Waals surface area contributed by atoms with E-state index in [9.17, 15) is 14.4 Å². The summed E-state index contributed by atoms with van der Waals surface area (Å²) in [5.74, 6) is -2.99. The highest BCUT2D eigenvalue weighted by Crippen LogP contribution is 1.97. The molecule has 0 radical (unpaired) electrons. The van der Waals surface area contributed by atoms with Gasteiger partial charge in [-0.25, -0.2) is 0 Å². The summed E-state index contributed by atoms with van der Waals surface area (Å²) in [6, 6.07) is 0. The standard InChI is InChI=1S/C8H14N2O5/c9-3-1-2-6(11)10(4-7(12)13)5-8(14)15/h1-5,9H2,(H,12,13)(H,14,15). The molecule has 0 aliphatic rings. The van der Waals surface area contributed by atoms with Crippen molar-refractivity contribution in [3.63, 3.8) is 0 Å². The van der Waals surface area contributed by atoms with Gasteiger partial charge in [0, 0.05) is 6.42 Å². The Labute approximate surface area is 86.5 Å². The van der Waals surface area contributed by atoms with Gasteiger partial charge in [0.15, 0.2) is 0 Å². The van der Waals surface area contributed by atoms with Crippen LogP contribution in [0, 0.1) is 0 Å². The van der Waals surface area contributed by atoms with Crippen molar-refractivity contribution in [2.75, 3.05) is 19.6 Å². The average Bonchev–Trinajstić information content (AvgIpc) is 2.11. The Morgan fingerprint density at radius 3 is 1.87 bits per heavy atom. The molecule has 1 amide bonds. The van der Waals surface area contributed by atoms with Crippen molar-refractivity contribution in [2.45, 2.75) is 12.8 Å². The van der Waals surface area contributed by atoms with Crippen molar-refractivity contribution in [2.24, 2.45) is 5.73 Å². The second kappa shape index (κ2) is 6.77. The molecule has 0 rings (SSSR count). The zero-order chi connectivity index (χ0) is 11.8. The van der Waals surface area contributed by atoms with Crippen LogP contribution in [0.15, 0.2) is 0 Å². The molecule has 0 aromatic heterocycles. The summed E-state index contributed by atoms with van der Waals surface area (Å²) in [6.45, 7) is -0.898. The quantitative estimate of drug-likeness (QED) is 0.489. The molecule has 0 heterocycles. The SMILES string of the molecule is NCCCC(=O)N(CC(=O)O)CC(=O)O.